The Morgan fingerprint density at radius 3 is 1.50 bits per heavy atom. The fourth-order valence-corrected chi connectivity index (χ4v) is 2.81. The zero-order chi connectivity index (χ0) is 17.6. The molecule has 3 aromatic carbocycles. The Labute approximate surface area is 153 Å². The minimum atomic E-state index is 0.774. The molecule has 0 bridgehead atoms. The van der Waals surface area contributed by atoms with Crippen LogP contribution in [0, 0.1) is 0 Å². The van der Waals surface area contributed by atoms with Crippen LogP contribution >= 0.6 is 0 Å². The van der Waals surface area contributed by atoms with Crippen LogP contribution in [0.5, 0.6) is 11.5 Å². The number of anilines is 3. The molecule has 0 radical (unpaired) electrons. The minimum absolute atomic E-state index is 0.774. The van der Waals surface area contributed by atoms with E-state index in [0.29, 0.717) is 0 Å². The highest BCUT2D eigenvalue weighted by Gasteiger charge is 2.11. The molecular weight excluding hydrogens is 320 g/mol. The molecule has 1 heterocycles. The zero-order valence-electron chi connectivity index (χ0n) is 14.2. The third-order valence-corrected chi connectivity index (χ3v) is 4.01. The van der Waals surface area contributed by atoms with Gasteiger partial charge in [0.25, 0.3) is 0 Å². The third-order valence-electron chi connectivity index (χ3n) is 4.01. The van der Waals surface area contributed by atoms with Crippen molar-refractivity contribution in [2.75, 3.05) is 4.90 Å². The normalized spacial score (nSPS) is 10.3. The summed E-state index contributed by atoms with van der Waals surface area (Å²) in [6.07, 6.45) is 3.44. The van der Waals surface area contributed by atoms with Crippen molar-refractivity contribution in [1.29, 1.82) is 0 Å². The molecule has 0 atom stereocenters. The van der Waals surface area contributed by atoms with Gasteiger partial charge in [-0.1, -0.05) is 36.4 Å². The summed E-state index contributed by atoms with van der Waals surface area (Å²) in [5, 5.41) is 0. The van der Waals surface area contributed by atoms with Crippen molar-refractivity contribution in [1.82, 2.24) is 4.98 Å². The summed E-state index contributed by atoms with van der Waals surface area (Å²) in [5.74, 6) is 1.57. The van der Waals surface area contributed by atoms with Gasteiger partial charge in [0.15, 0.2) is 0 Å². The van der Waals surface area contributed by atoms with Crippen molar-refractivity contribution in [3.05, 3.63) is 109 Å². The van der Waals surface area contributed by atoms with Gasteiger partial charge >= 0.3 is 0 Å². The second kappa shape index (κ2) is 7.53. The molecule has 0 N–H and O–H groups in total. The number of pyridine rings is 1. The lowest BCUT2D eigenvalue weighted by molar-refractivity contribution is 0.482. The van der Waals surface area contributed by atoms with E-state index >= 15 is 0 Å². The van der Waals surface area contributed by atoms with Crippen molar-refractivity contribution in [2.24, 2.45) is 0 Å². The lowest BCUT2D eigenvalue weighted by Crippen LogP contribution is -2.09. The summed E-state index contributed by atoms with van der Waals surface area (Å²) in [6.45, 7) is 0. The predicted molar refractivity (Wildman–Crippen MR) is 105 cm³/mol. The maximum atomic E-state index is 5.87. The van der Waals surface area contributed by atoms with Crippen molar-refractivity contribution >= 4 is 17.1 Å². The van der Waals surface area contributed by atoms with E-state index in [0.717, 1.165) is 28.6 Å². The Morgan fingerprint density at radius 2 is 0.962 bits per heavy atom. The molecule has 1 aromatic heterocycles. The first-order valence-corrected chi connectivity index (χ1v) is 8.48. The third kappa shape index (κ3) is 3.57. The Hall–Kier alpha value is -3.59. The van der Waals surface area contributed by atoms with Crippen LogP contribution in [0.4, 0.5) is 17.1 Å². The fourth-order valence-electron chi connectivity index (χ4n) is 2.81. The predicted octanol–water partition coefficient (Wildman–Crippen LogP) is 6.34. The summed E-state index contributed by atoms with van der Waals surface area (Å²) in [5.41, 5.74) is 3.30. The maximum absolute atomic E-state index is 5.87. The number of hydrogen-bond donors (Lipinski definition) is 0. The van der Waals surface area contributed by atoms with Crippen LogP contribution in [-0.2, 0) is 0 Å². The minimum Gasteiger partial charge on any atom is -0.457 e. The van der Waals surface area contributed by atoms with Crippen LogP contribution < -0.4 is 9.64 Å². The van der Waals surface area contributed by atoms with Gasteiger partial charge < -0.3 is 9.64 Å². The molecule has 4 aromatic rings. The molecule has 0 aliphatic rings. The van der Waals surface area contributed by atoms with Crippen LogP contribution in [0.3, 0.4) is 0 Å². The fraction of sp³-hybridized carbons (Fsp3) is 0. The molecule has 0 aliphatic heterocycles. The van der Waals surface area contributed by atoms with Crippen molar-refractivity contribution < 1.29 is 4.74 Å². The van der Waals surface area contributed by atoms with Gasteiger partial charge in [0, 0.05) is 29.5 Å². The van der Waals surface area contributed by atoms with Gasteiger partial charge in [0.1, 0.15) is 11.5 Å². The average Bonchev–Trinajstić information content (AvgIpc) is 2.72. The summed E-state index contributed by atoms with van der Waals surface area (Å²) < 4.78 is 5.87. The molecule has 3 heteroatoms. The summed E-state index contributed by atoms with van der Waals surface area (Å²) >= 11 is 0. The van der Waals surface area contributed by atoms with E-state index in [1.165, 1.54) is 0 Å². The van der Waals surface area contributed by atoms with Gasteiger partial charge in [-0.05, 0) is 60.7 Å². The standard InChI is InChI=1S/C23H18N2O/c1-3-7-19(8-4-1)25(20-9-5-2-6-10-20)21-11-13-22(14-12-21)26-23-15-17-24-18-16-23/h1-18H. The van der Waals surface area contributed by atoms with E-state index in [2.05, 4.69) is 46.3 Å². The van der Waals surface area contributed by atoms with Crippen molar-refractivity contribution in [3.63, 3.8) is 0 Å². The van der Waals surface area contributed by atoms with Gasteiger partial charge in [-0.2, -0.15) is 0 Å². The maximum Gasteiger partial charge on any atom is 0.130 e. The summed E-state index contributed by atoms with van der Waals surface area (Å²) in [7, 11) is 0. The van der Waals surface area contributed by atoms with E-state index in [9.17, 15) is 0 Å². The molecule has 3 nitrogen and oxygen atoms in total. The van der Waals surface area contributed by atoms with Crippen LogP contribution in [-0.4, -0.2) is 4.98 Å². The van der Waals surface area contributed by atoms with Crippen LogP contribution in [0.25, 0.3) is 0 Å². The Morgan fingerprint density at radius 1 is 0.500 bits per heavy atom. The van der Waals surface area contributed by atoms with Crippen molar-refractivity contribution in [2.45, 2.75) is 0 Å². The molecule has 4 rings (SSSR count). The Balaban J connectivity index is 1.66. The van der Waals surface area contributed by atoms with Gasteiger partial charge in [-0.3, -0.25) is 4.98 Å². The Bertz CT molecular complexity index is 900. The monoisotopic (exact) mass is 338 g/mol. The lowest BCUT2D eigenvalue weighted by Gasteiger charge is -2.25. The van der Waals surface area contributed by atoms with Gasteiger partial charge in [0.2, 0.25) is 0 Å². The molecule has 0 fully saturated rings. The summed E-state index contributed by atoms with van der Waals surface area (Å²) in [6, 6.07) is 32.4. The quantitative estimate of drug-likeness (QED) is 0.424. The molecule has 0 amide bonds. The molecule has 0 unspecified atom stereocenters. The largest absolute Gasteiger partial charge is 0.457 e. The first-order valence-electron chi connectivity index (χ1n) is 8.48. The first-order chi connectivity index (χ1) is 12.9. The molecule has 0 spiro atoms. The van der Waals surface area contributed by atoms with E-state index in [4.69, 9.17) is 4.74 Å². The number of ether oxygens (including phenoxy) is 1. The lowest BCUT2D eigenvalue weighted by atomic mass is 10.2. The number of aromatic nitrogens is 1. The summed E-state index contributed by atoms with van der Waals surface area (Å²) in [4.78, 5) is 6.22. The first kappa shape index (κ1) is 15.9. The van der Waals surface area contributed by atoms with E-state index in [1.807, 2.05) is 60.7 Å². The highest BCUT2D eigenvalue weighted by Crippen LogP contribution is 2.35. The SMILES string of the molecule is c1ccc(N(c2ccccc2)c2ccc(Oc3ccncc3)cc2)cc1. The van der Waals surface area contributed by atoms with Crippen LogP contribution in [0.15, 0.2) is 109 Å². The van der Waals surface area contributed by atoms with E-state index in [-0.39, 0.29) is 0 Å². The zero-order valence-corrected chi connectivity index (χ0v) is 14.2. The van der Waals surface area contributed by atoms with Crippen LogP contribution in [0.1, 0.15) is 0 Å². The second-order valence-corrected chi connectivity index (χ2v) is 5.79. The number of rotatable bonds is 5. The number of nitrogens with zero attached hydrogens (tertiary/aromatic N) is 2. The van der Waals surface area contributed by atoms with E-state index < -0.39 is 0 Å². The topological polar surface area (TPSA) is 25.4 Å². The Kier molecular flexibility index (Phi) is 4.61. The van der Waals surface area contributed by atoms with Gasteiger partial charge in [-0.15, -0.1) is 0 Å². The number of benzene rings is 3. The molecule has 0 saturated carbocycles. The second-order valence-electron chi connectivity index (χ2n) is 5.79. The van der Waals surface area contributed by atoms with Gasteiger partial charge in [0.05, 0.1) is 0 Å². The highest BCUT2D eigenvalue weighted by atomic mass is 16.5. The van der Waals surface area contributed by atoms with Crippen molar-refractivity contribution in [3.8, 4) is 11.5 Å². The van der Waals surface area contributed by atoms with Crippen LogP contribution in [0.2, 0.25) is 0 Å². The average molecular weight is 338 g/mol. The molecule has 126 valence electrons. The smallest absolute Gasteiger partial charge is 0.130 e. The molecule has 26 heavy (non-hydrogen) atoms. The van der Waals surface area contributed by atoms with Gasteiger partial charge in [-0.25, -0.2) is 0 Å². The molecule has 0 aliphatic carbocycles. The van der Waals surface area contributed by atoms with E-state index in [1.54, 1.807) is 12.4 Å². The highest BCUT2D eigenvalue weighted by molar-refractivity contribution is 5.76. The molecular formula is C23H18N2O. The number of para-hydroxylation sites is 2. The number of hydrogen-bond acceptors (Lipinski definition) is 3. The molecule has 0 saturated heterocycles.